The first-order valence-electron chi connectivity index (χ1n) is 6.32. The number of rotatable bonds is 3. The van der Waals surface area contributed by atoms with Crippen LogP contribution in [0.4, 0.5) is 0 Å². The summed E-state index contributed by atoms with van der Waals surface area (Å²) in [5.41, 5.74) is 4.36. The highest BCUT2D eigenvalue weighted by Crippen LogP contribution is 2.27. The summed E-state index contributed by atoms with van der Waals surface area (Å²) < 4.78 is 1.13. The zero-order valence-corrected chi connectivity index (χ0v) is 13.6. The summed E-state index contributed by atoms with van der Waals surface area (Å²) in [6.45, 7) is 6.26. The second-order valence-electron chi connectivity index (χ2n) is 4.68. The molecule has 19 heavy (non-hydrogen) atoms. The van der Waals surface area contributed by atoms with E-state index in [1.165, 1.54) is 11.1 Å². The third kappa shape index (κ3) is 3.34. The summed E-state index contributed by atoms with van der Waals surface area (Å²) in [5, 5.41) is 0.506. The number of hydrogen-bond acceptors (Lipinski definition) is 2. The zero-order valence-electron chi connectivity index (χ0n) is 11.3. The van der Waals surface area contributed by atoms with Crippen LogP contribution in [0.1, 0.15) is 30.2 Å². The van der Waals surface area contributed by atoms with Crippen LogP contribution in [0.5, 0.6) is 0 Å². The van der Waals surface area contributed by atoms with E-state index in [2.05, 4.69) is 58.8 Å². The Morgan fingerprint density at radius 2 is 1.74 bits per heavy atom. The maximum Gasteiger partial charge on any atom is 0.161 e. The zero-order chi connectivity index (χ0) is 14.0. The standard InChI is InChI=1S/C15H16BrClN2/c1-4-5-12-8-13(17)19-15(18-12)11-6-9(2)14(16)10(3)7-11/h6-8H,4-5H2,1-3H3. The highest BCUT2D eigenvalue weighted by atomic mass is 79.9. The smallest absolute Gasteiger partial charge is 0.161 e. The summed E-state index contributed by atoms with van der Waals surface area (Å²) in [7, 11) is 0. The SMILES string of the molecule is CCCc1cc(Cl)nc(-c2cc(C)c(Br)c(C)c2)n1. The fraction of sp³-hybridized carbons (Fsp3) is 0.333. The highest BCUT2D eigenvalue weighted by molar-refractivity contribution is 9.10. The van der Waals surface area contributed by atoms with Gasteiger partial charge in [0, 0.05) is 15.7 Å². The molecular formula is C15H16BrClN2. The Morgan fingerprint density at radius 3 is 2.32 bits per heavy atom. The summed E-state index contributed by atoms with van der Waals surface area (Å²) in [4.78, 5) is 8.93. The van der Waals surface area contributed by atoms with E-state index >= 15 is 0 Å². The van der Waals surface area contributed by atoms with Gasteiger partial charge in [-0.25, -0.2) is 9.97 Å². The predicted molar refractivity (Wildman–Crippen MR) is 83.6 cm³/mol. The van der Waals surface area contributed by atoms with Gasteiger partial charge in [0.15, 0.2) is 5.82 Å². The molecule has 100 valence electrons. The molecule has 4 heteroatoms. The first kappa shape index (κ1) is 14.5. The van der Waals surface area contributed by atoms with Gasteiger partial charge in [0.25, 0.3) is 0 Å². The molecule has 0 bridgehead atoms. The lowest BCUT2D eigenvalue weighted by molar-refractivity contribution is 0.875. The topological polar surface area (TPSA) is 25.8 Å². The van der Waals surface area contributed by atoms with Crippen LogP contribution in [-0.2, 0) is 6.42 Å². The predicted octanol–water partition coefficient (Wildman–Crippen LogP) is 5.13. The number of aromatic nitrogens is 2. The van der Waals surface area contributed by atoms with E-state index < -0.39 is 0 Å². The molecule has 0 radical (unpaired) electrons. The lowest BCUT2D eigenvalue weighted by Gasteiger charge is -2.08. The van der Waals surface area contributed by atoms with E-state index in [1.807, 2.05) is 6.07 Å². The molecule has 2 rings (SSSR count). The van der Waals surface area contributed by atoms with E-state index in [0.29, 0.717) is 11.0 Å². The van der Waals surface area contributed by atoms with Gasteiger partial charge in [0.05, 0.1) is 0 Å². The maximum atomic E-state index is 6.09. The maximum absolute atomic E-state index is 6.09. The second-order valence-corrected chi connectivity index (χ2v) is 5.86. The van der Waals surface area contributed by atoms with Gasteiger partial charge in [-0.2, -0.15) is 0 Å². The van der Waals surface area contributed by atoms with E-state index in [4.69, 9.17) is 11.6 Å². The van der Waals surface area contributed by atoms with Crippen LogP contribution in [-0.4, -0.2) is 9.97 Å². The van der Waals surface area contributed by atoms with Crippen LogP contribution in [0.3, 0.4) is 0 Å². The van der Waals surface area contributed by atoms with Gasteiger partial charge < -0.3 is 0 Å². The van der Waals surface area contributed by atoms with Crippen molar-refractivity contribution in [2.75, 3.05) is 0 Å². The molecule has 2 aromatic rings. The van der Waals surface area contributed by atoms with Gasteiger partial charge in [0.1, 0.15) is 5.15 Å². The van der Waals surface area contributed by atoms with Gasteiger partial charge in [-0.15, -0.1) is 0 Å². The van der Waals surface area contributed by atoms with Crippen molar-refractivity contribution in [3.05, 3.63) is 44.6 Å². The molecule has 1 heterocycles. The molecule has 0 saturated carbocycles. The van der Waals surface area contributed by atoms with Gasteiger partial charge >= 0.3 is 0 Å². The number of benzene rings is 1. The van der Waals surface area contributed by atoms with Crippen LogP contribution in [0.2, 0.25) is 5.15 Å². The molecule has 0 aliphatic carbocycles. The van der Waals surface area contributed by atoms with Crippen molar-refractivity contribution < 1.29 is 0 Å². The number of nitrogens with zero attached hydrogens (tertiary/aromatic N) is 2. The summed E-state index contributed by atoms with van der Waals surface area (Å²) >= 11 is 9.66. The van der Waals surface area contributed by atoms with E-state index in [1.54, 1.807) is 0 Å². The Morgan fingerprint density at radius 1 is 1.11 bits per heavy atom. The van der Waals surface area contributed by atoms with Gasteiger partial charge in [-0.05, 0) is 49.6 Å². The fourth-order valence-corrected chi connectivity index (χ4v) is 2.49. The first-order chi connectivity index (χ1) is 9.01. The molecule has 0 aliphatic heterocycles. The first-order valence-corrected chi connectivity index (χ1v) is 7.49. The molecule has 0 aliphatic rings. The monoisotopic (exact) mass is 338 g/mol. The molecule has 0 saturated heterocycles. The quantitative estimate of drug-likeness (QED) is 0.725. The lowest BCUT2D eigenvalue weighted by Crippen LogP contribution is -1.97. The minimum absolute atomic E-state index is 0.506. The van der Waals surface area contributed by atoms with E-state index in [-0.39, 0.29) is 0 Å². The fourth-order valence-electron chi connectivity index (χ4n) is 2.05. The second kappa shape index (κ2) is 6.02. The van der Waals surface area contributed by atoms with Crippen LogP contribution >= 0.6 is 27.5 Å². The third-order valence-electron chi connectivity index (χ3n) is 2.95. The van der Waals surface area contributed by atoms with Crippen molar-refractivity contribution in [1.82, 2.24) is 9.97 Å². The Kier molecular flexibility index (Phi) is 4.58. The Labute approximate surface area is 127 Å². The Balaban J connectivity index is 2.52. The third-order valence-corrected chi connectivity index (χ3v) is 4.39. The Hall–Kier alpha value is -0.930. The minimum atomic E-state index is 0.506. The molecule has 0 spiro atoms. The van der Waals surface area contributed by atoms with Crippen LogP contribution in [0.25, 0.3) is 11.4 Å². The molecule has 0 fully saturated rings. The van der Waals surface area contributed by atoms with Crippen molar-refractivity contribution in [1.29, 1.82) is 0 Å². The van der Waals surface area contributed by atoms with Crippen LogP contribution in [0, 0.1) is 13.8 Å². The molecule has 1 aromatic carbocycles. The van der Waals surface area contributed by atoms with E-state index in [9.17, 15) is 0 Å². The number of halogens is 2. The normalized spacial score (nSPS) is 10.8. The van der Waals surface area contributed by atoms with Crippen molar-refractivity contribution in [3.8, 4) is 11.4 Å². The number of aryl methyl sites for hydroxylation is 3. The molecule has 0 unspecified atom stereocenters. The molecule has 0 amide bonds. The summed E-state index contributed by atoms with van der Waals surface area (Å²) in [5.74, 6) is 0.703. The van der Waals surface area contributed by atoms with Gasteiger partial charge in [0.2, 0.25) is 0 Å². The van der Waals surface area contributed by atoms with Crippen molar-refractivity contribution in [3.63, 3.8) is 0 Å². The van der Waals surface area contributed by atoms with E-state index in [0.717, 1.165) is 28.6 Å². The largest absolute Gasteiger partial charge is 0.233 e. The van der Waals surface area contributed by atoms with Crippen LogP contribution < -0.4 is 0 Å². The molecule has 2 nitrogen and oxygen atoms in total. The van der Waals surface area contributed by atoms with Crippen molar-refractivity contribution >= 4 is 27.5 Å². The van der Waals surface area contributed by atoms with Crippen molar-refractivity contribution in [2.24, 2.45) is 0 Å². The Bertz CT molecular complexity index is 588. The summed E-state index contributed by atoms with van der Waals surface area (Å²) in [6.07, 6.45) is 1.97. The molecule has 1 aromatic heterocycles. The molecular weight excluding hydrogens is 324 g/mol. The number of hydrogen-bond donors (Lipinski definition) is 0. The molecule has 0 N–H and O–H groups in total. The van der Waals surface area contributed by atoms with Crippen molar-refractivity contribution in [2.45, 2.75) is 33.6 Å². The summed E-state index contributed by atoms with van der Waals surface area (Å²) in [6, 6.07) is 6.00. The highest BCUT2D eigenvalue weighted by Gasteiger charge is 2.09. The average Bonchev–Trinajstić information content (AvgIpc) is 2.35. The average molecular weight is 340 g/mol. The van der Waals surface area contributed by atoms with Gasteiger partial charge in [-0.1, -0.05) is 40.9 Å². The minimum Gasteiger partial charge on any atom is -0.233 e. The van der Waals surface area contributed by atoms with Crippen LogP contribution in [0.15, 0.2) is 22.7 Å². The lowest BCUT2D eigenvalue weighted by atomic mass is 10.1. The molecule has 0 atom stereocenters. The van der Waals surface area contributed by atoms with Gasteiger partial charge in [-0.3, -0.25) is 0 Å².